The van der Waals surface area contributed by atoms with Crippen LogP contribution in [0.5, 0.6) is 0 Å². The maximum absolute atomic E-state index is 13.3. The molecular formula is C22H25N5O2S. The third-order valence-electron chi connectivity index (χ3n) is 6.09. The van der Waals surface area contributed by atoms with Gasteiger partial charge in [-0.3, -0.25) is 14.2 Å². The van der Waals surface area contributed by atoms with E-state index in [1.54, 1.807) is 15.4 Å². The lowest BCUT2D eigenvalue weighted by Gasteiger charge is -2.16. The monoisotopic (exact) mass is 423 g/mol. The zero-order chi connectivity index (χ0) is 20.8. The molecule has 1 unspecified atom stereocenters. The molecule has 0 saturated heterocycles. The summed E-state index contributed by atoms with van der Waals surface area (Å²) in [7, 11) is 0. The molecule has 1 aliphatic carbocycles. The smallest absolute Gasteiger partial charge is 0.265 e. The van der Waals surface area contributed by atoms with Crippen molar-refractivity contribution in [1.82, 2.24) is 24.6 Å². The van der Waals surface area contributed by atoms with Crippen LogP contribution in [0, 0.1) is 13.8 Å². The molecule has 7 nitrogen and oxygen atoms in total. The van der Waals surface area contributed by atoms with E-state index in [2.05, 4.69) is 23.4 Å². The molecule has 1 saturated carbocycles. The Bertz CT molecular complexity index is 1190. The number of thioether (sulfide) groups is 1. The molecule has 30 heavy (non-hydrogen) atoms. The van der Waals surface area contributed by atoms with Gasteiger partial charge in [0.05, 0.1) is 17.9 Å². The molecule has 156 valence electrons. The third kappa shape index (κ3) is 3.33. The van der Waals surface area contributed by atoms with Crippen LogP contribution < -0.4 is 10.9 Å². The molecule has 1 aromatic carbocycles. The van der Waals surface area contributed by atoms with Gasteiger partial charge in [-0.15, -0.1) is 0 Å². The summed E-state index contributed by atoms with van der Waals surface area (Å²) in [5.41, 5.74) is 3.63. The number of fused-ring (bicyclic) bond motifs is 2. The lowest BCUT2D eigenvalue weighted by molar-refractivity contribution is -0.122. The average molecular weight is 424 g/mol. The summed E-state index contributed by atoms with van der Waals surface area (Å²) >= 11 is 1.53. The molecule has 1 aliphatic heterocycles. The second-order valence-corrected chi connectivity index (χ2v) is 9.36. The van der Waals surface area contributed by atoms with E-state index in [1.165, 1.54) is 30.2 Å². The number of amides is 1. The number of rotatable bonds is 4. The average Bonchev–Trinajstić information content (AvgIpc) is 3.43. The number of benzene rings is 1. The zero-order valence-corrected chi connectivity index (χ0v) is 18.0. The molecule has 0 bridgehead atoms. The first-order valence-electron chi connectivity index (χ1n) is 10.5. The van der Waals surface area contributed by atoms with Gasteiger partial charge in [0.15, 0.2) is 10.8 Å². The molecule has 3 heterocycles. The summed E-state index contributed by atoms with van der Waals surface area (Å²) in [6.07, 6.45) is 6.38. The Balaban J connectivity index is 1.47. The van der Waals surface area contributed by atoms with Gasteiger partial charge in [0, 0.05) is 18.2 Å². The standard InChI is InChI=1S/C22H25N5O2S/c1-13-7-8-18(14(2)9-13)27-20-17(11-23-27)21(29)26-16(12-30-22(26)25-20)10-19(28)24-15-5-3-4-6-15/h7-9,11,15-16H,3-6,10,12H2,1-2H3,(H,24,28). The Morgan fingerprint density at radius 1 is 1.27 bits per heavy atom. The molecule has 1 atom stereocenters. The van der Waals surface area contributed by atoms with E-state index >= 15 is 0 Å². The van der Waals surface area contributed by atoms with Crippen molar-refractivity contribution >= 4 is 28.7 Å². The van der Waals surface area contributed by atoms with Gasteiger partial charge in [-0.2, -0.15) is 5.10 Å². The van der Waals surface area contributed by atoms with E-state index in [0.717, 1.165) is 24.1 Å². The summed E-state index contributed by atoms with van der Waals surface area (Å²) in [6, 6.07) is 6.26. The molecule has 5 rings (SSSR count). The molecule has 3 aromatic rings. The van der Waals surface area contributed by atoms with E-state index in [0.29, 0.717) is 34.4 Å². The number of hydrogen-bond acceptors (Lipinski definition) is 5. The van der Waals surface area contributed by atoms with Crippen LogP contribution in [0.2, 0.25) is 0 Å². The zero-order valence-electron chi connectivity index (χ0n) is 17.2. The molecule has 1 amide bonds. The van der Waals surface area contributed by atoms with Crippen LogP contribution in [0.25, 0.3) is 16.7 Å². The van der Waals surface area contributed by atoms with Crippen LogP contribution in [0.1, 0.15) is 49.3 Å². The van der Waals surface area contributed by atoms with Gasteiger partial charge in [0.1, 0.15) is 5.39 Å². The Hall–Kier alpha value is -2.61. The quantitative estimate of drug-likeness (QED) is 0.651. The molecule has 2 aromatic heterocycles. The van der Waals surface area contributed by atoms with Crippen LogP contribution in [-0.2, 0) is 4.79 Å². The van der Waals surface area contributed by atoms with Crippen LogP contribution in [0.3, 0.4) is 0 Å². The van der Waals surface area contributed by atoms with Crippen molar-refractivity contribution in [3.05, 3.63) is 45.9 Å². The topological polar surface area (TPSA) is 81.8 Å². The highest BCUT2D eigenvalue weighted by atomic mass is 32.2. The molecule has 1 N–H and O–H groups in total. The van der Waals surface area contributed by atoms with Crippen molar-refractivity contribution < 1.29 is 4.79 Å². The lowest BCUT2D eigenvalue weighted by atomic mass is 10.1. The molecular weight excluding hydrogens is 398 g/mol. The van der Waals surface area contributed by atoms with Gasteiger partial charge in [-0.25, -0.2) is 9.67 Å². The Kier molecular flexibility index (Phi) is 4.89. The maximum atomic E-state index is 13.3. The van der Waals surface area contributed by atoms with Gasteiger partial charge in [0.2, 0.25) is 5.91 Å². The highest BCUT2D eigenvalue weighted by Gasteiger charge is 2.30. The van der Waals surface area contributed by atoms with E-state index in [1.807, 2.05) is 19.1 Å². The van der Waals surface area contributed by atoms with E-state index < -0.39 is 0 Å². The fraction of sp³-hybridized carbons (Fsp3) is 0.455. The summed E-state index contributed by atoms with van der Waals surface area (Å²) in [4.78, 5) is 30.6. The molecule has 1 fully saturated rings. The Labute approximate surface area is 178 Å². The number of aromatic nitrogens is 4. The number of aryl methyl sites for hydroxylation is 2. The molecule has 0 spiro atoms. The minimum Gasteiger partial charge on any atom is -0.353 e. The lowest BCUT2D eigenvalue weighted by Crippen LogP contribution is -2.35. The number of hydrogen-bond donors (Lipinski definition) is 1. The first-order chi connectivity index (χ1) is 14.5. The van der Waals surface area contributed by atoms with Crippen LogP contribution in [0.4, 0.5) is 0 Å². The first kappa shape index (κ1) is 19.4. The summed E-state index contributed by atoms with van der Waals surface area (Å²) in [6.45, 7) is 4.08. The largest absolute Gasteiger partial charge is 0.353 e. The Morgan fingerprint density at radius 2 is 2.07 bits per heavy atom. The molecule has 8 heteroatoms. The number of nitrogens with one attached hydrogen (secondary N) is 1. The van der Waals surface area contributed by atoms with Crippen LogP contribution >= 0.6 is 11.8 Å². The van der Waals surface area contributed by atoms with Crippen LogP contribution in [0.15, 0.2) is 34.3 Å². The highest BCUT2D eigenvalue weighted by molar-refractivity contribution is 7.99. The maximum Gasteiger partial charge on any atom is 0.265 e. The van der Waals surface area contributed by atoms with Crippen molar-refractivity contribution in [2.45, 2.75) is 63.2 Å². The van der Waals surface area contributed by atoms with Crippen LogP contribution in [-0.4, -0.2) is 37.0 Å². The normalized spacial score (nSPS) is 18.8. The van der Waals surface area contributed by atoms with Gasteiger partial charge in [0.25, 0.3) is 5.56 Å². The Morgan fingerprint density at radius 3 is 2.83 bits per heavy atom. The number of nitrogens with zero attached hydrogens (tertiary/aromatic N) is 4. The van der Waals surface area contributed by atoms with Gasteiger partial charge < -0.3 is 5.32 Å². The summed E-state index contributed by atoms with van der Waals surface area (Å²) < 4.78 is 3.43. The second-order valence-electron chi connectivity index (χ2n) is 8.37. The third-order valence-corrected chi connectivity index (χ3v) is 7.19. The predicted octanol–water partition coefficient (Wildman–Crippen LogP) is 3.29. The minimum atomic E-state index is -0.166. The van der Waals surface area contributed by atoms with E-state index in [9.17, 15) is 9.59 Å². The second kappa shape index (κ2) is 7.58. The van der Waals surface area contributed by atoms with Crippen molar-refractivity contribution in [2.24, 2.45) is 0 Å². The van der Waals surface area contributed by atoms with Crippen molar-refractivity contribution in [3.63, 3.8) is 0 Å². The van der Waals surface area contributed by atoms with E-state index in [-0.39, 0.29) is 17.5 Å². The molecule has 0 radical (unpaired) electrons. The highest BCUT2D eigenvalue weighted by Crippen LogP contribution is 2.33. The summed E-state index contributed by atoms with van der Waals surface area (Å²) in [5.74, 6) is 0.711. The molecule has 2 aliphatic rings. The SMILES string of the molecule is Cc1ccc(-n2ncc3c(=O)n4c(nc32)SCC4CC(=O)NC2CCCC2)c(C)c1. The number of carbonyl (C=O) groups is 1. The first-order valence-corrected chi connectivity index (χ1v) is 11.5. The van der Waals surface area contributed by atoms with Crippen molar-refractivity contribution in [1.29, 1.82) is 0 Å². The summed E-state index contributed by atoms with van der Waals surface area (Å²) in [5, 5.41) is 8.75. The van der Waals surface area contributed by atoms with E-state index in [4.69, 9.17) is 4.98 Å². The van der Waals surface area contributed by atoms with Crippen molar-refractivity contribution in [2.75, 3.05) is 5.75 Å². The minimum absolute atomic E-state index is 0.0262. The fourth-order valence-corrected chi connectivity index (χ4v) is 5.70. The fourth-order valence-electron chi connectivity index (χ4n) is 4.57. The predicted molar refractivity (Wildman–Crippen MR) is 117 cm³/mol. The van der Waals surface area contributed by atoms with Crippen molar-refractivity contribution in [3.8, 4) is 5.69 Å². The van der Waals surface area contributed by atoms with Gasteiger partial charge in [-0.1, -0.05) is 42.3 Å². The van der Waals surface area contributed by atoms with Gasteiger partial charge in [-0.05, 0) is 38.3 Å². The van der Waals surface area contributed by atoms with Gasteiger partial charge >= 0.3 is 0 Å². The number of carbonyl (C=O) groups excluding carboxylic acids is 1.